The number of hydrogen-bond acceptors (Lipinski definition) is 2. The van der Waals surface area contributed by atoms with Crippen LogP contribution in [0, 0.1) is 0 Å². The standard InChI is InChI=1S/C53H34N2O/c1-3-8-49-46(6-1)47-7-2-4-9-50(47)55(49)45-30-27-42(28-31-45)41-21-19-38(20-22-41)37-13-11-35(12-14-37)36-15-17-39(18-16-36)40-23-25-43(26-24-40)44-29-32-51-48(34-44)53-52(56-51)10-5-33-54-53/h1-34H. The van der Waals surface area contributed by atoms with Crippen LogP contribution in [0.2, 0.25) is 0 Å². The Morgan fingerprint density at radius 2 is 0.714 bits per heavy atom. The summed E-state index contributed by atoms with van der Waals surface area (Å²) in [5, 5.41) is 3.60. The molecule has 0 saturated carbocycles. The Morgan fingerprint density at radius 1 is 0.321 bits per heavy atom. The molecule has 3 aromatic heterocycles. The SMILES string of the molecule is c1cnc2c(c1)oc1ccc(-c3ccc(-c4ccc(-c5ccc(-c6ccc(-c7ccc(-n8c9ccccc9c9ccccc98)cc7)cc6)cc5)cc4)cc3)cc12. The third kappa shape index (κ3) is 5.49. The lowest BCUT2D eigenvalue weighted by Crippen LogP contribution is -1.93. The van der Waals surface area contributed by atoms with Gasteiger partial charge in [-0.1, -0.05) is 152 Å². The summed E-state index contributed by atoms with van der Waals surface area (Å²) in [4.78, 5) is 4.54. The molecule has 0 saturated heterocycles. The number of furan rings is 1. The number of nitrogens with zero attached hydrogens (tertiary/aromatic N) is 2. The molecule has 56 heavy (non-hydrogen) atoms. The summed E-state index contributed by atoms with van der Waals surface area (Å²) in [6.45, 7) is 0. The molecule has 11 rings (SSSR count). The van der Waals surface area contributed by atoms with Crippen LogP contribution in [-0.2, 0) is 0 Å². The van der Waals surface area contributed by atoms with Crippen LogP contribution in [0.5, 0.6) is 0 Å². The second-order valence-corrected chi connectivity index (χ2v) is 14.4. The fourth-order valence-electron chi connectivity index (χ4n) is 8.20. The molecule has 0 aliphatic carbocycles. The van der Waals surface area contributed by atoms with Gasteiger partial charge in [0.05, 0.1) is 11.0 Å². The summed E-state index contributed by atoms with van der Waals surface area (Å²) in [7, 11) is 0. The molecule has 0 fully saturated rings. The maximum Gasteiger partial charge on any atom is 0.153 e. The van der Waals surface area contributed by atoms with Gasteiger partial charge in [-0.3, -0.25) is 4.98 Å². The van der Waals surface area contributed by atoms with Gasteiger partial charge in [0.15, 0.2) is 5.58 Å². The van der Waals surface area contributed by atoms with E-state index >= 15 is 0 Å². The van der Waals surface area contributed by atoms with Crippen molar-refractivity contribution in [3.63, 3.8) is 0 Å². The molecule has 11 aromatic rings. The van der Waals surface area contributed by atoms with Gasteiger partial charge in [-0.2, -0.15) is 0 Å². The van der Waals surface area contributed by atoms with E-state index in [1.807, 2.05) is 24.4 Å². The van der Waals surface area contributed by atoms with Gasteiger partial charge < -0.3 is 8.98 Å². The summed E-state index contributed by atoms with van der Waals surface area (Å²) in [5.41, 5.74) is 18.1. The molecule has 3 heterocycles. The van der Waals surface area contributed by atoms with Crippen molar-refractivity contribution in [2.45, 2.75) is 0 Å². The summed E-state index contributed by atoms with van der Waals surface area (Å²) in [6, 6.07) is 71.8. The lowest BCUT2D eigenvalue weighted by Gasteiger charge is -2.10. The molecule has 3 heteroatoms. The van der Waals surface area contributed by atoms with Gasteiger partial charge in [0.2, 0.25) is 0 Å². The number of rotatable bonds is 6. The molecule has 0 radical (unpaired) electrons. The van der Waals surface area contributed by atoms with Crippen LogP contribution in [0.3, 0.4) is 0 Å². The smallest absolute Gasteiger partial charge is 0.153 e. The lowest BCUT2D eigenvalue weighted by atomic mass is 9.96. The van der Waals surface area contributed by atoms with E-state index in [0.29, 0.717) is 0 Å². The monoisotopic (exact) mass is 714 g/mol. The fraction of sp³-hybridized carbons (Fsp3) is 0. The molecule has 0 aliphatic heterocycles. The second kappa shape index (κ2) is 13.1. The molecule has 0 unspecified atom stereocenters. The molecule has 0 bridgehead atoms. The number of benzene rings is 8. The highest BCUT2D eigenvalue weighted by Gasteiger charge is 2.13. The van der Waals surface area contributed by atoms with Gasteiger partial charge >= 0.3 is 0 Å². The zero-order chi connectivity index (χ0) is 37.0. The first kappa shape index (κ1) is 32.0. The van der Waals surface area contributed by atoms with Crippen LogP contribution < -0.4 is 0 Å². The highest BCUT2D eigenvalue weighted by Crippen LogP contribution is 2.35. The molecule has 8 aromatic carbocycles. The summed E-state index contributed by atoms with van der Waals surface area (Å²) >= 11 is 0. The maximum absolute atomic E-state index is 5.97. The third-order valence-corrected chi connectivity index (χ3v) is 11.1. The molecule has 262 valence electrons. The van der Waals surface area contributed by atoms with Crippen molar-refractivity contribution >= 4 is 43.9 Å². The Bertz CT molecular complexity index is 3130. The molecule has 0 spiro atoms. The van der Waals surface area contributed by atoms with Gasteiger partial charge in [0.1, 0.15) is 11.1 Å². The van der Waals surface area contributed by atoms with Crippen LogP contribution in [0.4, 0.5) is 0 Å². The summed E-state index contributed by atoms with van der Waals surface area (Å²) in [5.74, 6) is 0. The predicted octanol–water partition coefficient (Wildman–Crippen LogP) is 14.4. The number of para-hydroxylation sites is 2. The Morgan fingerprint density at radius 3 is 1.18 bits per heavy atom. The first-order valence-electron chi connectivity index (χ1n) is 19.0. The summed E-state index contributed by atoms with van der Waals surface area (Å²) < 4.78 is 8.33. The van der Waals surface area contributed by atoms with Crippen LogP contribution in [0.25, 0.3) is 105 Å². The second-order valence-electron chi connectivity index (χ2n) is 14.4. The zero-order valence-electron chi connectivity index (χ0n) is 30.4. The minimum Gasteiger partial charge on any atom is -0.454 e. The van der Waals surface area contributed by atoms with Gasteiger partial charge in [-0.25, -0.2) is 0 Å². The Kier molecular flexibility index (Phi) is 7.49. The van der Waals surface area contributed by atoms with Gasteiger partial charge in [0.25, 0.3) is 0 Å². The Hall–Kier alpha value is -7.49. The highest BCUT2D eigenvalue weighted by molar-refractivity contribution is 6.09. The van der Waals surface area contributed by atoms with E-state index in [4.69, 9.17) is 4.42 Å². The minimum atomic E-state index is 0.815. The van der Waals surface area contributed by atoms with Gasteiger partial charge in [0, 0.05) is 28.0 Å². The number of hydrogen-bond donors (Lipinski definition) is 0. The quantitative estimate of drug-likeness (QED) is 0.172. The molecule has 0 N–H and O–H groups in total. The van der Waals surface area contributed by atoms with E-state index in [0.717, 1.165) is 33.2 Å². The van der Waals surface area contributed by atoms with E-state index in [-0.39, 0.29) is 0 Å². The third-order valence-electron chi connectivity index (χ3n) is 11.1. The molecule has 0 amide bonds. The van der Waals surface area contributed by atoms with Gasteiger partial charge in [-0.15, -0.1) is 0 Å². The van der Waals surface area contributed by atoms with E-state index in [1.165, 1.54) is 72.0 Å². The van der Waals surface area contributed by atoms with Gasteiger partial charge in [-0.05, 0) is 104 Å². The van der Waals surface area contributed by atoms with Crippen LogP contribution >= 0.6 is 0 Å². The largest absolute Gasteiger partial charge is 0.454 e. The van der Waals surface area contributed by atoms with E-state index in [9.17, 15) is 0 Å². The predicted molar refractivity (Wildman–Crippen MR) is 233 cm³/mol. The lowest BCUT2D eigenvalue weighted by molar-refractivity contribution is 0.668. The first-order valence-corrected chi connectivity index (χ1v) is 19.0. The van der Waals surface area contributed by atoms with Crippen molar-refractivity contribution in [3.8, 4) is 61.3 Å². The Balaban J connectivity index is 0.781. The average molecular weight is 715 g/mol. The Labute approximate surface area is 324 Å². The molecule has 3 nitrogen and oxygen atoms in total. The van der Waals surface area contributed by atoms with Crippen molar-refractivity contribution in [1.29, 1.82) is 0 Å². The van der Waals surface area contributed by atoms with E-state index in [1.54, 1.807) is 0 Å². The zero-order valence-corrected chi connectivity index (χ0v) is 30.4. The number of aromatic nitrogens is 2. The number of pyridine rings is 1. The van der Waals surface area contributed by atoms with E-state index < -0.39 is 0 Å². The molecule has 0 aliphatic rings. The normalized spacial score (nSPS) is 11.6. The van der Waals surface area contributed by atoms with Crippen molar-refractivity contribution in [2.75, 3.05) is 0 Å². The van der Waals surface area contributed by atoms with Crippen LogP contribution in [0.15, 0.2) is 211 Å². The summed E-state index contributed by atoms with van der Waals surface area (Å²) in [6.07, 6.45) is 1.81. The van der Waals surface area contributed by atoms with Crippen LogP contribution in [-0.4, -0.2) is 9.55 Å². The first-order chi connectivity index (χ1) is 27.7. The van der Waals surface area contributed by atoms with Crippen LogP contribution in [0.1, 0.15) is 0 Å². The van der Waals surface area contributed by atoms with Crippen molar-refractivity contribution in [1.82, 2.24) is 9.55 Å². The molecule has 0 atom stereocenters. The molecular formula is C53H34N2O. The van der Waals surface area contributed by atoms with Crippen molar-refractivity contribution in [3.05, 3.63) is 206 Å². The average Bonchev–Trinajstić information content (AvgIpc) is 3.82. The highest BCUT2D eigenvalue weighted by atomic mass is 16.3. The number of fused-ring (bicyclic) bond motifs is 6. The van der Waals surface area contributed by atoms with Crippen molar-refractivity contribution < 1.29 is 4.42 Å². The molecular weight excluding hydrogens is 681 g/mol. The topological polar surface area (TPSA) is 31.0 Å². The van der Waals surface area contributed by atoms with E-state index in [2.05, 4.69) is 192 Å². The van der Waals surface area contributed by atoms with Crippen molar-refractivity contribution in [2.24, 2.45) is 0 Å². The minimum absolute atomic E-state index is 0.815. The maximum atomic E-state index is 5.97. The fourth-order valence-corrected chi connectivity index (χ4v) is 8.20.